The number of carbonyl (C=O) groups excluding carboxylic acids is 1. The second kappa shape index (κ2) is 5.31. The molecule has 1 amide bonds. The van der Waals surface area contributed by atoms with Gasteiger partial charge in [-0.1, -0.05) is 6.07 Å². The summed E-state index contributed by atoms with van der Waals surface area (Å²) in [6.07, 6.45) is 1.92. The number of hydrogen-bond donors (Lipinski definition) is 2. The lowest BCUT2D eigenvalue weighted by atomic mass is 10.1. The molecule has 15 heavy (non-hydrogen) atoms. The van der Waals surface area contributed by atoms with Crippen LogP contribution >= 0.6 is 0 Å². The zero-order chi connectivity index (χ0) is 11.3. The summed E-state index contributed by atoms with van der Waals surface area (Å²) >= 11 is 0. The zero-order valence-electron chi connectivity index (χ0n) is 8.86. The summed E-state index contributed by atoms with van der Waals surface area (Å²) in [5.74, 6) is 0.206. The van der Waals surface area contributed by atoms with Crippen molar-refractivity contribution in [2.24, 2.45) is 5.73 Å². The van der Waals surface area contributed by atoms with Crippen LogP contribution < -0.4 is 15.8 Å². The van der Waals surface area contributed by atoms with E-state index < -0.39 is 0 Å². The van der Waals surface area contributed by atoms with Crippen molar-refractivity contribution in [3.63, 3.8) is 0 Å². The molecule has 0 aliphatic rings. The number of amides is 1. The van der Waals surface area contributed by atoms with Gasteiger partial charge >= 0.3 is 0 Å². The number of ether oxygens (including phenoxy) is 1. The predicted octanol–water partition coefficient (Wildman–Crippen LogP) is 0.226. The number of rotatable bonds is 5. The Labute approximate surface area is 88.6 Å². The van der Waals surface area contributed by atoms with Gasteiger partial charge in [-0.05, 0) is 12.6 Å². The molecule has 0 fully saturated rings. The zero-order valence-corrected chi connectivity index (χ0v) is 8.86. The lowest BCUT2D eigenvalue weighted by Gasteiger charge is -2.14. The number of nitrogens with one attached hydrogen (secondary N) is 1. The van der Waals surface area contributed by atoms with Crippen LogP contribution in [0.5, 0.6) is 5.88 Å². The highest BCUT2D eigenvalue weighted by molar-refractivity contribution is 5.74. The van der Waals surface area contributed by atoms with Gasteiger partial charge in [0, 0.05) is 24.7 Å². The number of aromatic nitrogens is 1. The van der Waals surface area contributed by atoms with Crippen LogP contribution in [-0.2, 0) is 4.79 Å². The molecule has 0 radical (unpaired) electrons. The van der Waals surface area contributed by atoms with E-state index in [1.165, 1.54) is 0 Å². The van der Waals surface area contributed by atoms with Crippen molar-refractivity contribution in [3.8, 4) is 5.88 Å². The fourth-order valence-corrected chi connectivity index (χ4v) is 1.31. The van der Waals surface area contributed by atoms with E-state index in [0.29, 0.717) is 5.88 Å². The van der Waals surface area contributed by atoms with E-state index in [9.17, 15) is 4.79 Å². The second-order valence-corrected chi connectivity index (χ2v) is 3.15. The molecule has 5 nitrogen and oxygen atoms in total. The van der Waals surface area contributed by atoms with Crippen LogP contribution in [-0.4, -0.2) is 25.0 Å². The van der Waals surface area contributed by atoms with Gasteiger partial charge in [0.05, 0.1) is 7.11 Å². The van der Waals surface area contributed by atoms with Crippen molar-refractivity contribution in [1.29, 1.82) is 0 Å². The van der Waals surface area contributed by atoms with Gasteiger partial charge < -0.3 is 15.8 Å². The van der Waals surface area contributed by atoms with Gasteiger partial charge in [-0.3, -0.25) is 4.79 Å². The first kappa shape index (κ1) is 11.5. The minimum Gasteiger partial charge on any atom is -0.481 e. The van der Waals surface area contributed by atoms with Gasteiger partial charge in [-0.2, -0.15) is 0 Å². The molecule has 1 unspecified atom stereocenters. The molecule has 0 aliphatic heterocycles. The standard InChI is InChI=1S/C10H15N3O2/c1-12-8(5-9(11)14)7-3-4-10(15-2)13-6-7/h3-4,6,8,12H,5H2,1-2H3,(H2,11,14). The molecule has 1 atom stereocenters. The third kappa shape index (κ3) is 3.21. The van der Waals surface area contributed by atoms with Crippen LogP contribution in [0.25, 0.3) is 0 Å². The Morgan fingerprint density at radius 3 is 2.80 bits per heavy atom. The third-order valence-electron chi connectivity index (χ3n) is 2.12. The van der Waals surface area contributed by atoms with Gasteiger partial charge in [-0.25, -0.2) is 4.98 Å². The lowest BCUT2D eigenvalue weighted by molar-refractivity contribution is -0.118. The summed E-state index contributed by atoms with van der Waals surface area (Å²) in [6, 6.07) is 3.51. The van der Waals surface area contributed by atoms with Crippen molar-refractivity contribution >= 4 is 5.91 Å². The summed E-state index contributed by atoms with van der Waals surface area (Å²) in [5.41, 5.74) is 6.05. The maximum atomic E-state index is 10.8. The summed E-state index contributed by atoms with van der Waals surface area (Å²) in [4.78, 5) is 14.9. The molecule has 1 aromatic heterocycles. The quantitative estimate of drug-likeness (QED) is 0.727. The number of carbonyl (C=O) groups is 1. The molecular weight excluding hydrogens is 194 g/mol. The average Bonchev–Trinajstić information content (AvgIpc) is 2.26. The number of methoxy groups -OCH3 is 1. The molecule has 82 valence electrons. The Bertz CT molecular complexity index is 324. The van der Waals surface area contributed by atoms with Crippen molar-refractivity contribution < 1.29 is 9.53 Å². The molecule has 0 aromatic carbocycles. The van der Waals surface area contributed by atoms with Crippen LogP contribution in [0, 0.1) is 0 Å². The number of primary amides is 1. The van der Waals surface area contributed by atoms with Gasteiger partial charge in [-0.15, -0.1) is 0 Å². The van der Waals surface area contributed by atoms with Crippen LogP contribution in [0.4, 0.5) is 0 Å². The molecule has 0 aliphatic carbocycles. The van der Waals surface area contributed by atoms with E-state index >= 15 is 0 Å². The Hall–Kier alpha value is -1.62. The highest BCUT2D eigenvalue weighted by atomic mass is 16.5. The minimum atomic E-state index is -0.342. The maximum absolute atomic E-state index is 10.8. The summed E-state index contributed by atoms with van der Waals surface area (Å²) in [5, 5.41) is 3.01. The Balaban J connectivity index is 2.78. The van der Waals surface area contributed by atoms with E-state index in [1.54, 1.807) is 26.4 Å². The number of hydrogen-bond acceptors (Lipinski definition) is 4. The van der Waals surface area contributed by atoms with Gasteiger partial charge in [0.25, 0.3) is 0 Å². The number of nitrogens with zero attached hydrogens (tertiary/aromatic N) is 1. The lowest BCUT2D eigenvalue weighted by Crippen LogP contribution is -2.23. The monoisotopic (exact) mass is 209 g/mol. The van der Waals surface area contributed by atoms with Crippen LogP contribution in [0.1, 0.15) is 18.0 Å². The fraction of sp³-hybridized carbons (Fsp3) is 0.400. The SMILES string of the molecule is CNC(CC(N)=O)c1ccc(OC)nc1. The molecule has 1 aromatic rings. The molecule has 1 heterocycles. The van der Waals surface area contributed by atoms with Gasteiger partial charge in [0.15, 0.2) is 0 Å². The predicted molar refractivity (Wildman–Crippen MR) is 56.4 cm³/mol. The van der Waals surface area contributed by atoms with E-state index in [0.717, 1.165) is 5.56 Å². The second-order valence-electron chi connectivity index (χ2n) is 3.15. The Morgan fingerprint density at radius 1 is 1.67 bits per heavy atom. The van der Waals surface area contributed by atoms with Crippen molar-refractivity contribution in [2.75, 3.05) is 14.2 Å². The summed E-state index contributed by atoms with van der Waals surface area (Å²) < 4.78 is 4.94. The molecule has 1 rings (SSSR count). The molecule has 0 spiro atoms. The van der Waals surface area contributed by atoms with Gasteiger partial charge in [0.2, 0.25) is 11.8 Å². The topological polar surface area (TPSA) is 77.2 Å². The normalized spacial score (nSPS) is 12.1. The molecular formula is C10H15N3O2. The molecule has 3 N–H and O–H groups in total. The first-order valence-corrected chi connectivity index (χ1v) is 4.63. The summed E-state index contributed by atoms with van der Waals surface area (Å²) in [6.45, 7) is 0. The largest absolute Gasteiger partial charge is 0.481 e. The highest BCUT2D eigenvalue weighted by Gasteiger charge is 2.12. The van der Waals surface area contributed by atoms with Crippen molar-refractivity contribution in [2.45, 2.75) is 12.5 Å². The van der Waals surface area contributed by atoms with E-state index in [2.05, 4.69) is 10.3 Å². The van der Waals surface area contributed by atoms with E-state index in [4.69, 9.17) is 10.5 Å². The third-order valence-corrected chi connectivity index (χ3v) is 2.12. The number of pyridine rings is 1. The first-order valence-electron chi connectivity index (χ1n) is 4.63. The van der Waals surface area contributed by atoms with Crippen molar-refractivity contribution in [1.82, 2.24) is 10.3 Å². The van der Waals surface area contributed by atoms with Crippen molar-refractivity contribution in [3.05, 3.63) is 23.9 Å². The molecule has 0 bridgehead atoms. The fourth-order valence-electron chi connectivity index (χ4n) is 1.31. The van der Waals surface area contributed by atoms with E-state index in [1.807, 2.05) is 6.07 Å². The van der Waals surface area contributed by atoms with Crippen LogP contribution in [0.3, 0.4) is 0 Å². The maximum Gasteiger partial charge on any atom is 0.219 e. The molecule has 0 saturated carbocycles. The highest BCUT2D eigenvalue weighted by Crippen LogP contribution is 2.17. The average molecular weight is 209 g/mol. The Kier molecular flexibility index (Phi) is 4.05. The number of nitrogens with two attached hydrogens (primary N) is 1. The summed E-state index contributed by atoms with van der Waals surface area (Å²) in [7, 11) is 3.33. The van der Waals surface area contributed by atoms with E-state index in [-0.39, 0.29) is 18.4 Å². The minimum absolute atomic E-state index is 0.0964. The van der Waals surface area contributed by atoms with Gasteiger partial charge in [0.1, 0.15) is 0 Å². The first-order chi connectivity index (χ1) is 7.17. The molecule has 0 saturated heterocycles. The Morgan fingerprint density at radius 2 is 2.40 bits per heavy atom. The van der Waals surface area contributed by atoms with Crippen LogP contribution in [0.2, 0.25) is 0 Å². The smallest absolute Gasteiger partial charge is 0.219 e. The molecule has 5 heteroatoms. The van der Waals surface area contributed by atoms with Crippen LogP contribution in [0.15, 0.2) is 18.3 Å².